The van der Waals surface area contributed by atoms with E-state index >= 15 is 0 Å². The summed E-state index contributed by atoms with van der Waals surface area (Å²) in [5.74, 6) is 0.319. The van der Waals surface area contributed by atoms with Crippen molar-refractivity contribution in [3.63, 3.8) is 0 Å². The summed E-state index contributed by atoms with van der Waals surface area (Å²) in [6, 6.07) is 1.45. The Morgan fingerprint density at radius 2 is 2.12 bits per heavy atom. The monoisotopic (exact) mass is 235 g/mol. The van der Waals surface area contributed by atoms with Crippen LogP contribution in [0, 0.1) is 17.7 Å². The number of halogens is 1. The van der Waals surface area contributed by atoms with Crippen LogP contribution in [0.1, 0.15) is 10.4 Å². The second-order valence-corrected chi connectivity index (χ2v) is 4.74. The Morgan fingerprint density at radius 3 is 2.76 bits per heavy atom. The molecule has 1 aromatic heterocycles. The molecule has 4 nitrogen and oxygen atoms in total. The van der Waals surface area contributed by atoms with E-state index < -0.39 is 5.82 Å². The summed E-state index contributed by atoms with van der Waals surface area (Å²) >= 11 is 0. The molecule has 0 aliphatic carbocycles. The summed E-state index contributed by atoms with van der Waals surface area (Å²) < 4.78 is 13.5. The number of nitrogens with zero attached hydrogens (tertiary/aromatic N) is 2. The van der Waals surface area contributed by atoms with Gasteiger partial charge in [-0.05, 0) is 17.9 Å². The third-order valence-corrected chi connectivity index (χ3v) is 3.68. The second kappa shape index (κ2) is 4.07. The minimum atomic E-state index is -0.535. The molecular formula is C12H14FN3O. The summed E-state index contributed by atoms with van der Waals surface area (Å²) in [7, 11) is 0. The van der Waals surface area contributed by atoms with E-state index in [0.29, 0.717) is 11.8 Å². The minimum Gasteiger partial charge on any atom is -0.338 e. The van der Waals surface area contributed by atoms with Crippen LogP contribution in [0.15, 0.2) is 18.5 Å². The third-order valence-electron chi connectivity index (χ3n) is 3.68. The van der Waals surface area contributed by atoms with Crippen LogP contribution >= 0.6 is 0 Å². The molecule has 90 valence electrons. The van der Waals surface area contributed by atoms with E-state index in [4.69, 9.17) is 0 Å². The van der Waals surface area contributed by atoms with Gasteiger partial charge in [0.15, 0.2) is 5.82 Å². The largest absolute Gasteiger partial charge is 0.338 e. The first-order valence-electron chi connectivity index (χ1n) is 5.85. The van der Waals surface area contributed by atoms with Gasteiger partial charge in [0.05, 0.1) is 11.8 Å². The first-order chi connectivity index (χ1) is 8.25. The fraction of sp³-hybridized carbons (Fsp3) is 0.500. The average Bonchev–Trinajstić information content (AvgIpc) is 2.88. The van der Waals surface area contributed by atoms with Crippen molar-refractivity contribution in [1.29, 1.82) is 0 Å². The molecular weight excluding hydrogens is 221 g/mol. The van der Waals surface area contributed by atoms with Crippen LogP contribution in [0.25, 0.3) is 0 Å². The summed E-state index contributed by atoms with van der Waals surface area (Å²) in [4.78, 5) is 17.6. The minimum absolute atomic E-state index is 0.132. The van der Waals surface area contributed by atoms with Gasteiger partial charge in [-0.3, -0.25) is 9.78 Å². The van der Waals surface area contributed by atoms with E-state index in [1.165, 1.54) is 12.3 Å². The lowest BCUT2D eigenvalue weighted by molar-refractivity contribution is 0.0777. The Morgan fingerprint density at radius 1 is 1.41 bits per heavy atom. The maximum Gasteiger partial charge on any atom is 0.256 e. The van der Waals surface area contributed by atoms with Gasteiger partial charge in [0.2, 0.25) is 0 Å². The summed E-state index contributed by atoms with van der Waals surface area (Å²) in [6.07, 6.45) is 2.54. The Hall–Kier alpha value is -1.49. The number of hydrogen-bond donors (Lipinski definition) is 1. The van der Waals surface area contributed by atoms with Crippen molar-refractivity contribution in [2.45, 2.75) is 0 Å². The number of nitrogens with one attached hydrogen (secondary N) is 1. The van der Waals surface area contributed by atoms with Crippen molar-refractivity contribution >= 4 is 5.91 Å². The van der Waals surface area contributed by atoms with Crippen LogP contribution in [0.5, 0.6) is 0 Å². The number of pyridine rings is 1. The third kappa shape index (κ3) is 1.80. The van der Waals surface area contributed by atoms with Gasteiger partial charge in [-0.1, -0.05) is 0 Å². The standard InChI is InChI=1S/C12H14FN3O/c13-11-5-14-2-1-10(11)12(17)16-6-8-3-15-4-9(8)7-16/h1-2,5,8-9,15H,3-4,6-7H2/t8-,9+. The van der Waals surface area contributed by atoms with Crippen molar-refractivity contribution in [3.8, 4) is 0 Å². The SMILES string of the molecule is O=C(c1ccncc1F)N1C[C@H]2CNC[C@H]2C1. The van der Waals surface area contributed by atoms with Gasteiger partial charge in [-0.15, -0.1) is 0 Å². The number of amides is 1. The van der Waals surface area contributed by atoms with E-state index in [1.54, 1.807) is 4.90 Å². The maximum absolute atomic E-state index is 13.5. The van der Waals surface area contributed by atoms with Gasteiger partial charge >= 0.3 is 0 Å². The van der Waals surface area contributed by atoms with Gasteiger partial charge < -0.3 is 10.2 Å². The molecule has 2 aliphatic heterocycles. The molecule has 0 unspecified atom stereocenters. The lowest BCUT2D eigenvalue weighted by Gasteiger charge is -2.17. The number of carbonyl (C=O) groups excluding carboxylic acids is 1. The molecule has 0 spiro atoms. The first-order valence-corrected chi connectivity index (χ1v) is 5.85. The van der Waals surface area contributed by atoms with Crippen molar-refractivity contribution in [2.24, 2.45) is 11.8 Å². The first kappa shape index (κ1) is 10.7. The Bertz CT molecular complexity index is 439. The average molecular weight is 235 g/mol. The van der Waals surface area contributed by atoms with Crippen LogP contribution in [-0.4, -0.2) is 42.0 Å². The van der Waals surface area contributed by atoms with Crippen LogP contribution in [0.3, 0.4) is 0 Å². The number of hydrogen-bond acceptors (Lipinski definition) is 3. The highest BCUT2D eigenvalue weighted by atomic mass is 19.1. The zero-order valence-electron chi connectivity index (χ0n) is 9.40. The number of rotatable bonds is 1. The van der Waals surface area contributed by atoms with Gasteiger partial charge in [0, 0.05) is 32.4 Å². The molecule has 0 saturated carbocycles. The Kier molecular flexibility index (Phi) is 2.55. The van der Waals surface area contributed by atoms with Crippen LogP contribution < -0.4 is 5.32 Å². The lowest BCUT2D eigenvalue weighted by atomic mass is 10.0. The predicted molar refractivity (Wildman–Crippen MR) is 59.9 cm³/mol. The molecule has 3 rings (SSSR count). The molecule has 2 saturated heterocycles. The summed E-state index contributed by atoms with van der Waals surface area (Å²) in [5, 5.41) is 3.31. The second-order valence-electron chi connectivity index (χ2n) is 4.74. The van der Waals surface area contributed by atoms with E-state index in [9.17, 15) is 9.18 Å². The van der Waals surface area contributed by atoms with Crippen molar-refractivity contribution < 1.29 is 9.18 Å². The van der Waals surface area contributed by atoms with E-state index in [0.717, 1.165) is 32.4 Å². The quantitative estimate of drug-likeness (QED) is 0.771. The number of likely N-dealkylation sites (tertiary alicyclic amines) is 1. The fourth-order valence-corrected chi connectivity index (χ4v) is 2.74. The Labute approximate surface area is 98.8 Å². The van der Waals surface area contributed by atoms with Gasteiger partial charge in [-0.25, -0.2) is 4.39 Å². The normalized spacial score (nSPS) is 27.2. The van der Waals surface area contributed by atoms with Crippen molar-refractivity contribution in [2.75, 3.05) is 26.2 Å². The van der Waals surface area contributed by atoms with E-state index in [-0.39, 0.29) is 11.5 Å². The Balaban J connectivity index is 1.78. The highest BCUT2D eigenvalue weighted by molar-refractivity contribution is 5.94. The van der Waals surface area contributed by atoms with E-state index in [1.807, 2.05) is 0 Å². The smallest absolute Gasteiger partial charge is 0.256 e. The summed E-state index contributed by atoms with van der Waals surface area (Å²) in [5.41, 5.74) is 0.132. The fourth-order valence-electron chi connectivity index (χ4n) is 2.74. The molecule has 0 bridgehead atoms. The van der Waals surface area contributed by atoms with Crippen LogP contribution in [0.4, 0.5) is 4.39 Å². The van der Waals surface area contributed by atoms with Gasteiger partial charge in [0.1, 0.15) is 0 Å². The molecule has 5 heteroatoms. The number of carbonyl (C=O) groups is 1. The molecule has 0 aromatic carbocycles. The van der Waals surface area contributed by atoms with Crippen LogP contribution in [0.2, 0.25) is 0 Å². The van der Waals surface area contributed by atoms with Crippen molar-refractivity contribution in [3.05, 3.63) is 29.8 Å². The molecule has 2 fully saturated rings. The zero-order valence-corrected chi connectivity index (χ0v) is 9.40. The predicted octanol–water partition coefficient (Wildman–Crippen LogP) is 0.512. The maximum atomic E-state index is 13.5. The highest BCUT2D eigenvalue weighted by Crippen LogP contribution is 2.27. The lowest BCUT2D eigenvalue weighted by Crippen LogP contribution is -2.32. The molecule has 1 N–H and O–H groups in total. The van der Waals surface area contributed by atoms with E-state index in [2.05, 4.69) is 10.3 Å². The van der Waals surface area contributed by atoms with Crippen molar-refractivity contribution in [1.82, 2.24) is 15.2 Å². The van der Waals surface area contributed by atoms with Gasteiger partial charge in [0.25, 0.3) is 5.91 Å². The molecule has 17 heavy (non-hydrogen) atoms. The zero-order chi connectivity index (χ0) is 11.8. The van der Waals surface area contributed by atoms with Crippen LogP contribution in [-0.2, 0) is 0 Å². The molecule has 2 atom stereocenters. The number of aromatic nitrogens is 1. The molecule has 0 radical (unpaired) electrons. The molecule has 1 aromatic rings. The molecule has 3 heterocycles. The molecule has 2 aliphatic rings. The highest BCUT2D eigenvalue weighted by Gasteiger charge is 2.38. The van der Waals surface area contributed by atoms with Gasteiger partial charge in [-0.2, -0.15) is 0 Å². The summed E-state index contributed by atoms with van der Waals surface area (Å²) in [6.45, 7) is 3.40. The number of fused-ring (bicyclic) bond motifs is 1. The molecule has 1 amide bonds. The topological polar surface area (TPSA) is 45.2 Å².